The topological polar surface area (TPSA) is 118 Å². The van der Waals surface area contributed by atoms with E-state index in [1.54, 1.807) is 0 Å². The van der Waals surface area contributed by atoms with E-state index in [4.69, 9.17) is 15.6 Å². The molecule has 0 unspecified atom stereocenters. The van der Waals surface area contributed by atoms with E-state index in [1.807, 2.05) is 12.1 Å². The van der Waals surface area contributed by atoms with Gasteiger partial charge in [-0.3, -0.25) is 9.78 Å². The van der Waals surface area contributed by atoms with Crippen LogP contribution in [0.2, 0.25) is 0 Å². The Morgan fingerprint density at radius 2 is 1.85 bits per heavy atom. The number of aromatic carboxylic acids is 1. The van der Waals surface area contributed by atoms with Crippen LogP contribution in [0.25, 0.3) is 0 Å². The molecule has 1 heterocycles. The summed E-state index contributed by atoms with van der Waals surface area (Å²) < 4.78 is 0. The molecule has 0 atom stereocenters. The molecule has 1 aromatic heterocycles. The number of amides is 1. The van der Waals surface area contributed by atoms with Gasteiger partial charge in [0, 0.05) is 19.3 Å². The van der Waals surface area contributed by atoms with E-state index in [2.05, 4.69) is 4.98 Å². The Morgan fingerprint density at radius 1 is 1.25 bits per heavy atom. The van der Waals surface area contributed by atoms with Crippen LogP contribution in [0.5, 0.6) is 0 Å². The zero-order valence-electron chi connectivity index (χ0n) is 10.6. The van der Waals surface area contributed by atoms with Gasteiger partial charge in [-0.1, -0.05) is 0 Å². The average molecular weight is 272 g/mol. The van der Waals surface area contributed by atoms with Crippen molar-refractivity contribution in [2.45, 2.75) is 12.8 Å². The third-order valence-corrected chi connectivity index (χ3v) is 2.51. The minimum absolute atomic E-state index is 0.104. The molecule has 0 aliphatic heterocycles. The molecule has 7 heteroatoms. The van der Waals surface area contributed by atoms with Gasteiger partial charge in [0.15, 0.2) is 0 Å². The highest BCUT2D eigenvalue weighted by molar-refractivity contribution is 6.03. The van der Waals surface area contributed by atoms with Crippen molar-refractivity contribution in [3.8, 4) is 12.1 Å². The highest BCUT2D eigenvalue weighted by Crippen LogP contribution is 2.10. The zero-order chi connectivity index (χ0) is 15.0. The molecule has 0 fully saturated rings. The van der Waals surface area contributed by atoms with Crippen molar-refractivity contribution in [1.82, 2.24) is 9.88 Å². The standard InChI is InChI=1S/C13H12N4O3/c14-5-2-8-17(9-3-6-15)12(18)11-10(13(19)20)4-1-7-16-11/h1,4,7H,2-3,8-9H2,(H,19,20). The third-order valence-electron chi connectivity index (χ3n) is 2.51. The first-order valence-electron chi connectivity index (χ1n) is 5.83. The number of aromatic nitrogens is 1. The van der Waals surface area contributed by atoms with Crippen LogP contribution in [0.4, 0.5) is 0 Å². The van der Waals surface area contributed by atoms with Crippen molar-refractivity contribution >= 4 is 11.9 Å². The molecule has 0 bridgehead atoms. The summed E-state index contributed by atoms with van der Waals surface area (Å²) >= 11 is 0. The van der Waals surface area contributed by atoms with Crippen molar-refractivity contribution in [3.63, 3.8) is 0 Å². The number of hydrogen-bond donors (Lipinski definition) is 1. The molecule has 1 N–H and O–H groups in total. The highest BCUT2D eigenvalue weighted by atomic mass is 16.4. The molecule has 0 aliphatic rings. The lowest BCUT2D eigenvalue weighted by Gasteiger charge is -2.20. The maximum absolute atomic E-state index is 12.3. The fraction of sp³-hybridized carbons (Fsp3) is 0.308. The predicted octanol–water partition coefficient (Wildman–Crippen LogP) is 1.05. The number of carbonyl (C=O) groups excluding carboxylic acids is 1. The summed E-state index contributed by atoms with van der Waals surface area (Å²) in [5.41, 5.74) is -0.382. The lowest BCUT2D eigenvalue weighted by molar-refractivity contribution is 0.0673. The van der Waals surface area contributed by atoms with Crippen molar-refractivity contribution < 1.29 is 14.7 Å². The van der Waals surface area contributed by atoms with Gasteiger partial charge in [-0.15, -0.1) is 0 Å². The van der Waals surface area contributed by atoms with Gasteiger partial charge in [-0.25, -0.2) is 4.79 Å². The second kappa shape index (κ2) is 7.49. The second-order valence-electron chi connectivity index (χ2n) is 3.81. The molecule has 0 saturated heterocycles. The number of carboxylic acid groups (broad SMARTS) is 1. The largest absolute Gasteiger partial charge is 0.478 e. The SMILES string of the molecule is N#CCCN(CCC#N)C(=O)c1ncccc1C(=O)O. The fourth-order valence-corrected chi connectivity index (χ4v) is 1.58. The Kier molecular flexibility index (Phi) is 5.67. The number of carbonyl (C=O) groups is 2. The summed E-state index contributed by atoms with van der Waals surface area (Å²) in [5.74, 6) is -1.84. The Bertz CT molecular complexity index is 568. The van der Waals surface area contributed by atoms with Gasteiger partial charge in [0.2, 0.25) is 0 Å². The third kappa shape index (κ3) is 3.79. The molecular formula is C13H12N4O3. The van der Waals surface area contributed by atoms with Crippen molar-refractivity contribution in [2.24, 2.45) is 0 Å². The smallest absolute Gasteiger partial charge is 0.338 e. The van der Waals surface area contributed by atoms with Crippen LogP contribution >= 0.6 is 0 Å². The monoisotopic (exact) mass is 272 g/mol. The average Bonchev–Trinajstić information content (AvgIpc) is 2.46. The predicted molar refractivity (Wildman–Crippen MR) is 67.6 cm³/mol. The van der Waals surface area contributed by atoms with Crippen LogP contribution in [0.1, 0.15) is 33.7 Å². The summed E-state index contributed by atoms with van der Waals surface area (Å²) in [6.45, 7) is 0.263. The van der Waals surface area contributed by atoms with Gasteiger partial charge in [0.1, 0.15) is 5.69 Å². The summed E-state index contributed by atoms with van der Waals surface area (Å²) in [4.78, 5) is 28.4. The maximum Gasteiger partial charge on any atom is 0.338 e. The minimum Gasteiger partial charge on any atom is -0.478 e. The molecule has 0 spiro atoms. The van der Waals surface area contributed by atoms with Crippen LogP contribution in [0, 0.1) is 22.7 Å². The summed E-state index contributed by atoms with van der Waals surface area (Å²) in [5, 5.41) is 26.2. The van der Waals surface area contributed by atoms with Gasteiger partial charge in [-0.05, 0) is 12.1 Å². The summed E-state index contributed by atoms with van der Waals surface area (Å²) in [7, 11) is 0. The Balaban J connectivity index is 3.03. The molecule has 0 saturated carbocycles. The minimum atomic E-state index is -1.25. The van der Waals surface area contributed by atoms with E-state index in [-0.39, 0.29) is 37.2 Å². The van der Waals surface area contributed by atoms with E-state index in [0.29, 0.717) is 0 Å². The number of hydrogen-bond acceptors (Lipinski definition) is 5. The van der Waals surface area contributed by atoms with Gasteiger partial charge in [0.25, 0.3) is 5.91 Å². The molecule has 1 rings (SSSR count). The molecule has 0 aromatic carbocycles. The lowest BCUT2D eigenvalue weighted by Crippen LogP contribution is -2.34. The number of rotatable bonds is 6. The number of carboxylic acids is 1. The Hall–Kier alpha value is -2.93. The van der Waals surface area contributed by atoms with E-state index >= 15 is 0 Å². The van der Waals surface area contributed by atoms with Crippen molar-refractivity contribution in [3.05, 3.63) is 29.6 Å². The molecule has 20 heavy (non-hydrogen) atoms. The molecule has 7 nitrogen and oxygen atoms in total. The van der Waals surface area contributed by atoms with Gasteiger partial charge in [-0.2, -0.15) is 10.5 Å². The first-order valence-corrected chi connectivity index (χ1v) is 5.83. The van der Waals surface area contributed by atoms with Crippen LogP contribution in [0.15, 0.2) is 18.3 Å². The molecule has 0 radical (unpaired) electrons. The Labute approximate surface area is 115 Å². The Morgan fingerprint density at radius 3 is 2.35 bits per heavy atom. The van der Waals surface area contributed by atoms with Crippen LogP contribution in [0.3, 0.4) is 0 Å². The first-order chi connectivity index (χ1) is 9.61. The maximum atomic E-state index is 12.3. The normalized spacial score (nSPS) is 9.30. The van der Waals surface area contributed by atoms with E-state index in [9.17, 15) is 9.59 Å². The van der Waals surface area contributed by atoms with Crippen LogP contribution < -0.4 is 0 Å². The van der Waals surface area contributed by atoms with E-state index in [0.717, 1.165) is 0 Å². The highest BCUT2D eigenvalue weighted by Gasteiger charge is 2.22. The molecule has 102 valence electrons. The molecule has 1 amide bonds. The van der Waals surface area contributed by atoms with Crippen LogP contribution in [-0.4, -0.2) is 40.0 Å². The summed E-state index contributed by atoms with van der Waals surface area (Å²) in [6, 6.07) is 6.52. The lowest BCUT2D eigenvalue weighted by atomic mass is 10.1. The zero-order valence-corrected chi connectivity index (χ0v) is 10.6. The van der Waals surface area contributed by atoms with Gasteiger partial charge >= 0.3 is 5.97 Å². The van der Waals surface area contributed by atoms with Crippen LogP contribution in [-0.2, 0) is 0 Å². The molecular weight excluding hydrogens is 260 g/mol. The quantitative estimate of drug-likeness (QED) is 0.826. The molecule has 0 aliphatic carbocycles. The number of nitrogens with zero attached hydrogens (tertiary/aromatic N) is 4. The van der Waals surface area contributed by atoms with E-state index < -0.39 is 11.9 Å². The fourth-order valence-electron chi connectivity index (χ4n) is 1.58. The van der Waals surface area contributed by atoms with Gasteiger partial charge < -0.3 is 10.0 Å². The van der Waals surface area contributed by atoms with Gasteiger partial charge in [0.05, 0.1) is 30.5 Å². The molecule has 1 aromatic rings. The number of pyridine rings is 1. The summed E-state index contributed by atoms with van der Waals surface area (Å²) in [6.07, 6.45) is 1.53. The van der Waals surface area contributed by atoms with Crippen molar-refractivity contribution in [2.75, 3.05) is 13.1 Å². The first kappa shape index (κ1) is 15.1. The van der Waals surface area contributed by atoms with E-state index in [1.165, 1.54) is 23.2 Å². The number of nitriles is 2. The van der Waals surface area contributed by atoms with Crippen molar-refractivity contribution in [1.29, 1.82) is 10.5 Å². The second-order valence-corrected chi connectivity index (χ2v) is 3.81.